The fraction of sp³-hybridized carbons (Fsp3) is 0.250. The van der Waals surface area contributed by atoms with Crippen LogP contribution in [0.15, 0.2) is 48.1 Å². The SMILES string of the molecule is O=C(C1CC1)N1CCc2cc(-c3csc(-c4cccnc4)n3)ccc21. The maximum absolute atomic E-state index is 12.4. The second-order valence-electron chi connectivity index (χ2n) is 6.64. The molecule has 0 atom stereocenters. The van der Waals surface area contributed by atoms with E-state index in [0.29, 0.717) is 5.91 Å². The first-order valence-electron chi connectivity index (χ1n) is 8.60. The maximum atomic E-state index is 12.4. The molecule has 124 valence electrons. The summed E-state index contributed by atoms with van der Waals surface area (Å²) >= 11 is 1.63. The molecule has 1 amide bonds. The van der Waals surface area contributed by atoms with E-state index < -0.39 is 0 Å². The number of carbonyl (C=O) groups excluding carboxylic acids is 1. The van der Waals surface area contributed by atoms with Gasteiger partial charge in [0.2, 0.25) is 5.91 Å². The van der Waals surface area contributed by atoms with Gasteiger partial charge >= 0.3 is 0 Å². The van der Waals surface area contributed by atoms with E-state index in [0.717, 1.165) is 53.3 Å². The molecule has 0 radical (unpaired) electrons. The number of amides is 1. The van der Waals surface area contributed by atoms with Crippen LogP contribution in [0.1, 0.15) is 18.4 Å². The van der Waals surface area contributed by atoms with E-state index in [2.05, 4.69) is 28.6 Å². The van der Waals surface area contributed by atoms with Crippen molar-refractivity contribution in [3.63, 3.8) is 0 Å². The minimum Gasteiger partial charge on any atom is -0.312 e. The molecular formula is C20H17N3OS. The quantitative estimate of drug-likeness (QED) is 0.714. The second-order valence-corrected chi connectivity index (χ2v) is 7.50. The molecule has 0 spiro atoms. The van der Waals surface area contributed by atoms with Gasteiger partial charge in [0.1, 0.15) is 5.01 Å². The van der Waals surface area contributed by atoms with E-state index in [4.69, 9.17) is 4.98 Å². The molecule has 1 fully saturated rings. The summed E-state index contributed by atoms with van der Waals surface area (Å²) in [6.07, 6.45) is 6.65. The summed E-state index contributed by atoms with van der Waals surface area (Å²) in [5, 5.41) is 3.07. The molecule has 5 rings (SSSR count). The summed E-state index contributed by atoms with van der Waals surface area (Å²) in [7, 11) is 0. The zero-order chi connectivity index (χ0) is 16.8. The van der Waals surface area contributed by atoms with E-state index in [-0.39, 0.29) is 5.92 Å². The number of hydrogen-bond acceptors (Lipinski definition) is 4. The number of pyridine rings is 1. The van der Waals surface area contributed by atoms with Crippen LogP contribution < -0.4 is 4.90 Å². The minimum atomic E-state index is 0.270. The third kappa shape index (κ3) is 2.65. The van der Waals surface area contributed by atoms with Gasteiger partial charge in [0.15, 0.2) is 0 Å². The maximum Gasteiger partial charge on any atom is 0.230 e. The van der Waals surface area contributed by atoms with E-state index >= 15 is 0 Å². The molecule has 0 saturated heterocycles. The van der Waals surface area contributed by atoms with Crippen molar-refractivity contribution >= 4 is 22.9 Å². The fourth-order valence-corrected chi connectivity index (χ4v) is 4.19. The second kappa shape index (κ2) is 5.77. The Hall–Kier alpha value is -2.53. The Balaban J connectivity index is 1.44. The molecule has 2 aliphatic rings. The van der Waals surface area contributed by atoms with Gasteiger partial charge in [0, 0.05) is 47.1 Å². The number of anilines is 1. The monoisotopic (exact) mass is 347 g/mol. The standard InChI is InChI=1S/C20H17N3OS/c24-20(13-3-4-13)23-9-7-15-10-14(5-6-18(15)23)17-12-25-19(22-17)16-2-1-8-21-11-16/h1-2,5-6,8,10-13H,3-4,7,9H2. The number of rotatable bonds is 3. The first-order chi connectivity index (χ1) is 12.3. The summed E-state index contributed by atoms with van der Waals surface area (Å²) in [4.78, 5) is 23.3. The van der Waals surface area contributed by atoms with Crippen LogP contribution in [0.25, 0.3) is 21.8 Å². The highest BCUT2D eigenvalue weighted by atomic mass is 32.1. The van der Waals surface area contributed by atoms with Gasteiger partial charge in [-0.15, -0.1) is 11.3 Å². The highest BCUT2D eigenvalue weighted by Gasteiger charge is 2.36. The number of thiazole rings is 1. The van der Waals surface area contributed by atoms with Crippen molar-refractivity contribution in [2.75, 3.05) is 11.4 Å². The van der Waals surface area contributed by atoms with Gasteiger partial charge in [0.05, 0.1) is 5.69 Å². The molecule has 1 saturated carbocycles. The summed E-state index contributed by atoms with van der Waals surface area (Å²) in [5.41, 5.74) is 5.48. The van der Waals surface area contributed by atoms with Gasteiger partial charge in [-0.1, -0.05) is 6.07 Å². The van der Waals surface area contributed by atoms with Crippen molar-refractivity contribution in [2.45, 2.75) is 19.3 Å². The molecular weight excluding hydrogens is 330 g/mol. The first-order valence-corrected chi connectivity index (χ1v) is 9.48. The number of aromatic nitrogens is 2. The Bertz CT molecular complexity index is 947. The summed E-state index contributed by atoms with van der Waals surface area (Å²) < 4.78 is 0. The molecule has 0 unspecified atom stereocenters. The van der Waals surface area contributed by atoms with E-state index in [1.807, 2.05) is 23.2 Å². The Labute approximate surface area is 150 Å². The van der Waals surface area contributed by atoms with Crippen LogP contribution in [0, 0.1) is 5.92 Å². The van der Waals surface area contributed by atoms with Crippen LogP contribution in [-0.4, -0.2) is 22.4 Å². The average Bonchev–Trinajstić information content (AvgIpc) is 3.24. The lowest BCUT2D eigenvalue weighted by Gasteiger charge is -2.17. The minimum absolute atomic E-state index is 0.270. The van der Waals surface area contributed by atoms with Crippen molar-refractivity contribution in [3.05, 3.63) is 53.7 Å². The van der Waals surface area contributed by atoms with Crippen molar-refractivity contribution in [2.24, 2.45) is 5.92 Å². The van der Waals surface area contributed by atoms with Crippen LogP contribution in [0.4, 0.5) is 5.69 Å². The number of hydrogen-bond donors (Lipinski definition) is 0. The summed E-state index contributed by atoms with van der Waals surface area (Å²) in [6, 6.07) is 10.3. The number of fused-ring (bicyclic) bond motifs is 1. The molecule has 4 nitrogen and oxygen atoms in total. The van der Waals surface area contributed by atoms with Crippen molar-refractivity contribution < 1.29 is 4.79 Å². The first kappa shape index (κ1) is 14.8. The van der Waals surface area contributed by atoms with Gasteiger partial charge in [-0.25, -0.2) is 4.98 Å². The molecule has 2 aromatic heterocycles. The van der Waals surface area contributed by atoms with Gasteiger partial charge in [0.25, 0.3) is 0 Å². The van der Waals surface area contributed by atoms with E-state index in [9.17, 15) is 4.79 Å². The lowest BCUT2D eigenvalue weighted by atomic mass is 10.1. The van der Waals surface area contributed by atoms with Crippen LogP contribution in [0.2, 0.25) is 0 Å². The third-order valence-electron chi connectivity index (χ3n) is 4.88. The largest absolute Gasteiger partial charge is 0.312 e. The summed E-state index contributed by atoms with van der Waals surface area (Å²) in [5.74, 6) is 0.574. The Kier molecular flexibility index (Phi) is 3.41. The van der Waals surface area contributed by atoms with Crippen molar-refractivity contribution in [1.82, 2.24) is 9.97 Å². The van der Waals surface area contributed by atoms with E-state index in [1.54, 1.807) is 17.5 Å². The number of nitrogens with zero attached hydrogens (tertiary/aromatic N) is 3. The molecule has 0 bridgehead atoms. The molecule has 1 aliphatic heterocycles. The Morgan fingerprint density at radius 1 is 1.20 bits per heavy atom. The third-order valence-corrected chi connectivity index (χ3v) is 5.77. The highest BCUT2D eigenvalue weighted by molar-refractivity contribution is 7.13. The Morgan fingerprint density at radius 2 is 2.12 bits per heavy atom. The number of carbonyl (C=O) groups is 1. The van der Waals surface area contributed by atoms with Crippen molar-refractivity contribution in [3.8, 4) is 21.8 Å². The smallest absolute Gasteiger partial charge is 0.230 e. The molecule has 5 heteroatoms. The zero-order valence-corrected chi connectivity index (χ0v) is 14.5. The Morgan fingerprint density at radius 3 is 2.92 bits per heavy atom. The van der Waals surface area contributed by atoms with Gasteiger partial charge in [-0.2, -0.15) is 0 Å². The molecule has 0 N–H and O–H groups in total. The lowest BCUT2D eigenvalue weighted by Crippen LogP contribution is -2.30. The topological polar surface area (TPSA) is 46.1 Å². The van der Waals surface area contributed by atoms with Crippen molar-refractivity contribution in [1.29, 1.82) is 0 Å². The zero-order valence-electron chi connectivity index (χ0n) is 13.7. The normalized spacial score (nSPS) is 16.1. The predicted octanol–water partition coefficient (Wildman–Crippen LogP) is 4.17. The van der Waals surface area contributed by atoms with Crippen LogP contribution >= 0.6 is 11.3 Å². The molecule has 3 aromatic rings. The summed E-state index contributed by atoms with van der Waals surface area (Å²) in [6.45, 7) is 0.812. The molecule has 3 heterocycles. The predicted molar refractivity (Wildman–Crippen MR) is 99.6 cm³/mol. The molecule has 1 aromatic carbocycles. The van der Waals surface area contributed by atoms with Gasteiger partial charge in [-0.05, 0) is 49.1 Å². The molecule has 1 aliphatic carbocycles. The van der Waals surface area contributed by atoms with Crippen LogP contribution in [0.3, 0.4) is 0 Å². The van der Waals surface area contributed by atoms with Crippen LogP contribution in [-0.2, 0) is 11.2 Å². The lowest BCUT2D eigenvalue weighted by molar-refractivity contribution is -0.119. The average molecular weight is 347 g/mol. The van der Waals surface area contributed by atoms with E-state index in [1.165, 1.54) is 5.56 Å². The van der Waals surface area contributed by atoms with Gasteiger partial charge in [-0.3, -0.25) is 9.78 Å². The number of benzene rings is 1. The van der Waals surface area contributed by atoms with Gasteiger partial charge < -0.3 is 4.90 Å². The highest BCUT2D eigenvalue weighted by Crippen LogP contribution is 2.38. The molecule has 25 heavy (non-hydrogen) atoms. The van der Waals surface area contributed by atoms with Crippen LogP contribution in [0.5, 0.6) is 0 Å². The fourth-order valence-electron chi connectivity index (χ4n) is 3.37.